The average Bonchev–Trinajstić information content (AvgIpc) is 2.53. The summed E-state index contributed by atoms with van der Waals surface area (Å²) in [5, 5.41) is 3.01. The zero-order valence-electron chi connectivity index (χ0n) is 13.0. The van der Waals surface area contributed by atoms with Gasteiger partial charge in [-0.2, -0.15) is 0 Å². The van der Waals surface area contributed by atoms with Gasteiger partial charge in [-0.25, -0.2) is 4.98 Å². The molecule has 0 atom stereocenters. The lowest BCUT2D eigenvalue weighted by Gasteiger charge is -2.20. The third-order valence-electron chi connectivity index (χ3n) is 3.53. The third kappa shape index (κ3) is 3.21. The van der Waals surface area contributed by atoms with E-state index in [1.54, 1.807) is 25.1 Å². The van der Waals surface area contributed by atoms with Gasteiger partial charge in [-0.15, -0.1) is 0 Å². The number of carbonyl (C=O) groups excluding carboxylic acids is 1. The molecule has 1 heterocycles. The first-order chi connectivity index (χ1) is 10.1. The molecule has 4 nitrogen and oxygen atoms in total. The molecule has 0 bridgehead atoms. The van der Waals surface area contributed by atoms with Crippen LogP contribution in [0.1, 0.15) is 28.5 Å². The van der Waals surface area contributed by atoms with Gasteiger partial charge in [-0.1, -0.05) is 25.1 Å². The Labute approximate surface area is 125 Å². The van der Waals surface area contributed by atoms with E-state index >= 15 is 0 Å². The van der Waals surface area contributed by atoms with Crippen molar-refractivity contribution < 1.29 is 4.79 Å². The number of nitrogens with one attached hydrogen (secondary N) is 1. The van der Waals surface area contributed by atoms with E-state index in [-0.39, 0.29) is 5.91 Å². The smallest absolute Gasteiger partial charge is 0.258 e. The van der Waals surface area contributed by atoms with Crippen LogP contribution in [0.5, 0.6) is 0 Å². The highest BCUT2D eigenvalue weighted by Crippen LogP contribution is 2.21. The van der Waals surface area contributed by atoms with E-state index in [1.807, 2.05) is 44.2 Å². The van der Waals surface area contributed by atoms with Crippen LogP contribution in [0, 0.1) is 6.92 Å². The van der Waals surface area contributed by atoms with Crippen molar-refractivity contribution in [3.8, 4) is 0 Å². The molecule has 110 valence electrons. The van der Waals surface area contributed by atoms with Gasteiger partial charge in [0.25, 0.3) is 5.91 Å². The Bertz CT molecular complexity index is 630. The van der Waals surface area contributed by atoms with Gasteiger partial charge in [-0.05, 0) is 37.1 Å². The van der Waals surface area contributed by atoms with E-state index in [0.29, 0.717) is 5.56 Å². The summed E-state index contributed by atoms with van der Waals surface area (Å²) in [6.07, 6.45) is 0.796. The summed E-state index contributed by atoms with van der Waals surface area (Å²) in [4.78, 5) is 18.8. The molecule has 0 fully saturated rings. The van der Waals surface area contributed by atoms with Crippen LogP contribution in [0.25, 0.3) is 0 Å². The Morgan fingerprint density at radius 3 is 2.62 bits per heavy atom. The second kappa shape index (κ2) is 6.39. The van der Waals surface area contributed by atoms with Crippen molar-refractivity contribution in [2.24, 2.45) is 0 Å². The minimum atomic E-state index is -0.0297. The largest absolute Gasteiger partial charge is 0.373 e. The number of nitrogens with zero attached hydrogens (tertiary/aromatic N) is 2. The molecule has 0 unspecified atom stereocenters. The number of benzene rings is 1. The second-order valence-corrected chi connectivity index (χ2v) is 4.99. The quantitative estimate of drug-likeness (QED) is 0.936. The van der Waals surface area contributed by atoms with Gasteiger partial charge in [0.2, 0.25) is 0 Å². The van der Waals surface area contributed by atoms with Gasteiger partial charge in [0.1, 0.15) is 5.82 Å². The van der Waals surface area contributed by atoms with Crippen molar-refractivity contribution >= 4 is 17.4 Å². The van der Waals surface area contributed by atoms with Crippen molar-refractivity contribution in [1.82, 2.24) is 4.98 Å². The number of pyridine rings is 1. The maximum Gasteiger partial charge on any atom is 0.258 e. The van der Waals surface area contributed by atoms with E-state index in [4.69, 9.17) is 0 Å². The topological polar surface area (TPSA) is 45.2 Å². The maximum absolute atomic E-state index is 12.7. The Kier molecular flexibility index (Phi) is 4.58. The summed E-state index contributed by atoms with van der Waals surface area (Å²) >= 11 is 0. The van der Waals surface area contributed by atoms with E-state index < -0.39 is 0 Å². The normalized spacial score (nSPS) is 10.3. The molecular weight excluding hydrogens is 262 g/mol. The number of hydrogen-bond donors (Lipinski definition) is 1. The van der Waals surface area contributed by atoms with Crippen molar-refractivity contribution in [2.75, 3.05) is 24.3 Å². The SMILES string of the molecule is CCc1cc(C(=O)N(C)c2ccccc2C)cc(NC)n1. The number of para-hydroxylation sites is 1. The Morgan fingerprint density at radius 1 is 1.29 bits per heavy atom. The lowest BCUT2D eigenvalue weighted by atomic mass is 10.1. The van der Waals surface area contributed by atoms with Crippen LogP contribution >= 0.6 is 0 Å². The first kappa shape index (κ1) is 15.0. The van der Waals surface area contributed by atoms with E-state index in [0.717, 1.165) is 29.2 Å². The van der Waals surface area contributed by atoms with Crippen LogP contribution in [0.4, 0.5) is 11.5 Å². The molecule has 0 saturated carbocycles. The van der Waals surface area contributed by atoms with Crippen LogP contribution in [0.2, 0.25) is 0 Å². The molecular formula is C17H21N3O. The minimum absolute atomic E-state index is 0.0297. The molecule has 1 amide bonds. The van der Waals surface area contributed by atoms with Gasteiger partial charge >= 0.3 is 0 Å². The second-order valence-electron chi connectivity index (χ2n) is 4.99. The highest BCUT2D eigenvalue weighted by Gasteiger charge is 2.16. The number of hydrogen-bond acceptors (Lipinski definition) is 3. The first-order valence-electron chi connectivity index (χ1n) is 7.09. The van der Waals surface area contributed by atoms with Crippen molar-refractivity contribution in [2.45, 2.75) is 20.3 Å². The van der Waals surface area contributed by atoms with Crippen molar-refractivity contribution in [1.29, 1.82) is 0 Å². The van der Waals surface area contributed by atoms with E-state index in [9.17, 15) is 4.79 Å². The number of amides is 1. The lowest BCUT2D eigenvalue weighted by molar-refractivity contribution is 0.0992. The number of aromatic nitrogens is 1. The number of anilines is 2. The van der Waals surface area contributed by atoms with Crippen LogP contribution in [-0.4, -0.2) is 25.0 Å². The molecule has 1 aromatic carbocycles. The van der Waals surface area contributed by atoms with Crippen molar-refractivity contribution in [3.05, 3.63) is 53.2 Å². The van der Waals surface area contributed by atoms with Crippen molar-refractivity contribution in [3.63, 3.8) is 0 Å². The Balaban J connectivity index is 2.37. The van der Waals surface area contributed by atoms with Gasteiger partial charge in [0.15, 0.2) is 0 Å². The highest BCUT2D eigenvalue weighted by atomic mass is 16.2. The monoisotopic (exact) mass is 283 g/mol. The molecule has 1 aromatic heterocycles. The highest BCUT2D eigenvalue weighted by molar-refractivity contribution is 6.06. The van der Waals surface area contributed by atoms with E-state index in [1.165, 1.54) is 0 Å². The molecule has 0 saturated heterocycles. The molecule has 4 heteroatoms. The van der Waals surface area contributed by atoms with Crippen LogP contribution in [0.15, 0.2) is 36.4 Å². The fraction of sp³-hybridized carbons (Fsp3) is 0.294. The molecule has 0 aliphatic rings. The molecule has 21 heavy (non-hydrogen) atoms. The number of rotatable bonds is 4. The summed E-state index contributed by atoms with van der Waals surface area (Å²) in [6.45, 7) is 4.03. The van der Waals surface area contributed by atoms with Crippen LogP contribution in [0.3, 0.4) is 0 Å². The molecule has 0 radical (unpaired) electrons. The van der Waals surface area contributed by atoms with Gasteiger partial charge in [0.05, 0.1) is 0 Å². The summed E-state index contributed by atoms with van der Waals surface area (Å²) in [5.74, 6) is 0.689. The molecule has 1 N–H and O–H groups in total. The Morgan fingerprint density at radius 2 is 2.00 bits per heavy atom. The van der Waals surface area contributed by atoms with E-state index in [2.05, 4.69) is 10.3 Å². The predicted octanol–water partition coefficient (Wildman–Crippen LogP) is 3.27. The summed E-state index contributed by atoms with van der Waals surface area (Å²) in [7, 11) is 3.61. The number of aryl methyl sites for hydroxylation is 2. The minimum Gasteiger partial charge on any atom is -0.373 e. The average molecular weight is 283 g/mol. The molecule has 0 spiro atoms. The van der Waals surface area contributed by atoms with Crippen LogP contribution in [-0.2, 0) is 6.42 Å². The van der Waals surface area contributed by atoms with Gasteiger partial charge in [0, 0.05) is 31.0 Å². The standard InChI is InChI=1S/C17H21N3O/c1-5-14-10-13(11-16(18-3)19-14)17(21)20(4)15-9-7-6-8-12(15)2/h6-11H,5H2,1-4H3,(H,18,19). The molecule has 2 aromatic rings. The molecule has 0 aliphatic heterocycles. The summed E-state index contributed by atoms with van der Waals surface area (Å²) in [5.41, 5.74) is 3.55. The summed E-state index contributed by atoms with van der Waals surface area (Å²) < 4.78 is 0. The predicted molar refractivity (Wildman–Crippen MR) is 87.1 cm³/mol. The summed E-state index contributed by atoms with van der Waals surface area (Å²) in [6, 6.07) is 11.5. The molecule has 2 rings (SSSR count). The van der Waals surface area contributed by atoms with Crippen LogP contribution < -0.4 is 10.2 Å². The number of carbonyl (C=O) groups is 1. The van der Waals surface area contributed by atoms with Gasteiger partial charge < -0.3 is 10.2 Å². The first-order valence-corrected chi connectivity index (χ1v) is 7.09. The van der Waals surface area contributed by atoms with Gasteiger partial charge in [-0.3, -0.25) is 4.79 Å². The zero-order valence-corrected chi connectivity index (χ0v) is 13.0. The third-order valence-corrected chi connectivity index (χ3v) is 3.53. The maximum atomic E-state index is 12.7. The Hall–Kier alpha value is -2.36. The zero-order chi connectivity index (χ0) is 15.4. The fourth-order valence-corrected chi connectivity index (χ4v) is 2.26. The fourth-order valence-electron chi connectivity index (χ4n) is 2.26. The lowest BCUT2D eigenvalue weighted by Crippen LogP contribution is -2.27. The molecule has 0 aliphatic carbocycles.